The van der Waals surface area contributed by atoms with E-state index in [1.807, 2.05) is 18.5 Å². The van der Waals surface area contributed by atoms with Gasteiger partial charge in [0.1, 0.15) is 0 Å². The second kappa shape index (κ2) is 6.37. The number of aromatic nitrogens is 1. The van der Waals surface area contributed by atoms with Gasteiger partial charge in [0.15, 0.2) is 0 Å². The third-order valence-corrected chi connectivity index (χ3v) is 4.43. The van der Waals surface area contributed by atoms with Crippen LogP contribution in [0.2, 0.25) is 0 Å². The minimum Gasteiger partial charge on any atom is -0.314 e. The minimum atomic E-state index is 0.409. The van der Waals surface area contributed by atoms with E-state index in [4.69, 9.17) is 0 Å². The second-order valence-corrected chi connectivity index (χ2v) is 5.85. The van der Waals surface area contributed by atoms with E-state index in [2.05, 4.69) is 53.3 Å². The van der Waals surface area contributed by atoms with Crippen molar-refractivity contribution in [3.05, 3.63) is 65.0 Å². The quantitative estimate of drug-likeness (QED) is 0.937. The first-order valence-corrected chi connectivity index (χ1v) is 7.65. The van der Waals surface area contributed by atoms with Crippen molar-refractivity contribution in [2.75, 3.05) is 19.6 Å². The molecular weight excluding hydrogens is 258 g/mol. The van der Waals surface area contributed by atoms with Crippen molar-refractivity contribution in [2.24, 2.45) is 0 Å². The van der Waals surface area contributed by atoms with Crippen LogP contribution in [0.25, 0.3) is 0 Å². The first-order valence-electron chi connectivity index (χ1n) is 7.65. The van der Waals surface area contributed by atoms with Crippen LogP contribution in [-0.2, 0) is 6.54 Å². The van der Waals surface area contributed by atoms with Gasteiger partial charge in [-0.25, -0.2) is 0 Å². The summed E-state index contributed by atoms with van der Waals surface area (Å²) in [6.07, 6.45) is 3.84. The van der Waals surface area contributed by atoms with Crippen molar-refractivity contribution >= 4 is 0 Å². The molecule has 0 spiro atoms. The highest BCUT2D eigenvalue weighted by atomic mass is 15.2. The lowest BCUT2D eigenvalue weighted by molar-refractivity contribution is 0.153. The summed E-state index contributed by atoms with van der Waals surface area (Å²) in [5, 5.41) is 3.51. The van der Waals surface area contributed by atoms with Crippen LogP contribution in [0.3, 0.4) is 0 Å². The number of pyridine rings is 1. The van der Waals surface area contributed by atoms with E-state index >= 15 is 0 Å². The summed E-state index contributed by atoms with van der Waals surface area (Å²) in [6.45, 7) is 8.57. The molecule has 110 valence electrons. The number of rotatable bonds is 3. The molecule has 0 amide bonds. The molecule has 0 bridgehead atoms. The Balaban J connectivity index is 1.85. The van der Waals surface area contributed by atoms with Crippen LogP contribution in [0.4, 0.5) is 0 Å². The fraction of sp³-hybridized carbons (Fsp3) is 0.389. The lowest BCUT2D eigenvalue weighted by atomic mass is 9.99. The van der Waals surface area contributed by atoms with Gasteiger partial charge >= 0.3 is 0 Å². The van der Waals surface area contributed by atoms with E-state index in [0.29, 0.717) is 6.04 Å². The molecule has 3 rings (SSSR count). The Morgan fingerprint density at radius 1 is 1.19 bits per heavy atom. The number of hydrogen-bond acceptors (Lipinski definition) is 3. The lowest BCUT2D eigenvalue weighted by Gasteiger charge is -2.37. The number of nitrogens with zero attached hydrogens (tertiary/aromatic N) is 2. The van der Waals surface area contributed by atoms with Gasteiger partial charge in [-0.3, -0.25) is 9.88 Å². The number of benzene rings is 1. The monoisotopic (exact) mass is 281 g/mol. The highest BCUT2D eigenvalue weighted by molar-refractivity contribution is 5.33. The van der Waals surface area contributed by atoms with Gasteiger partial charge < -0.3 is 5.32 Å². The number of piperazine rings is 1. The minimum absolute atomic E-state index is 0.409. The summed E-state index contributed by atoms with van der Waals surface area (Å²) in [5.41, 5.74) is 5.54. The van der Waals surface area contributed by atoms with Gasteiger partial charge in [0.25, 0.3) is 0 Å². The molecule has 1 aliphatic rings. The SMILES string of the molecule is Cc1cccc(C)c1CN1CCNCC1c1cccnc1. The Hall–Kier alpha value is -1.71. The van der Waals surface area contributed by atoms with Crippen molar-refractivity contribution in [2.45, 2.75) is 26.4 Å². The first kappa shape index (κ1) is 14.2. The third kappa shape index (κ3) is 3.14. The molecule has 2 heterocycles. The summed E-state index contributed by atoms with van der Waals surface area (Å²) in [4.78, 5) is 6.85. The predicted molar refractivity (Wildman–Crippen MR) is 86.2 cm³/mol. The molecule has 2 aromatic rings. The highest BCUT2D eigenvalue weighted by Gasteiger charge is 2.24. The van der Waals surface area contributed by atoms with Crippen molar-refractivity contribution < 1.29 is 0 Å². The maximum Gasteiger partial charge on any atom is 0.0491 e. The Kier molecular flexibility index (Phi) is 4.32. The molecule has 3 heteroatoms. The molecule has 0 radical (unpaired) electrons. The predicted octanol–water partition coefficient (Wildman–Crippen LogP) is 2.84. The fourth-order valence-electron chi connectivity index (χ4n) is 3.14. The molecule has 1 aromatic carbocycles. The molecule has 1 aliphatic heterocycles. The molecule has 1 atom stereocenters. The van der Waals surface area contributed by atoms with E-state index in [-0.39, 0.29) is 0 Å². The Morgan fingerprint density at radius 2 is 2.00 bits per heavy atom. The van der Waals surface area contributed by atoms with Crippen molar-refractivity contribution in [1.82, 2.24) is 15.2 Å². The van der Waals surface area contributed by atoms with Gasteiger partial charge in [-0.15, -0.1) is 0 Å². The average molecular weight is 281 g/mol. The van der Waals surface area contributed by atoms with Gasteiger partial charge in [0.05, 0.1) is 0 Å². The maximum absolute atomic E-state index is 4.28. The standard InChI is InChI=1S/C18H23N3/c1-14-5-3-6-15(2)17(14)13-21-10-9-20-12-18(21)16-7-4-8-19-11-16/h3-8,11,18,20H,9-10,12-13H2,1-2H3. The van der Waals surface area contributed by atoms with Crippen LogP contribution in [0.5, 0.6) is 0 Å². The third-order valence-electron chi connectivity index (χ3n) is 4.43. The molecule has 1 N–H and O–H groups in total. The van der Waals surface area contributed by atoms with Crippen LogP contribution in [0.1, 0.15) is 28.3 Å². The normalized spacial score (nSPS) is 19.6. The van der Waals surface area contributed by atoms with E-state index in [1.54, 1.807) is 0 Å². The van der Waals surface area contributed by atoms with Gasteiger partial charge in [-0.05, 0) is 42.2 Å². The van der Waals surface area contributed by atoms with Gasteiger partial charge in [0.2, 0.25) is 0 Å². The molecule has 0 saturated carbocycles. The smallest absolute Gasteiger partial charge is 0.0491 e. The van der Waals surface area contributed by atoms with Gasteiger partial charge in [-0.2, -0.15) is 0 Å². The van der Waals surface area contributed by atoms with Crippen LogP contribution in [0.15, 0.2) is 42.7 Å². The van der Waals surface area contributed by atoms with Crippen molar-refractivity contribution in [3.63, 3.8) is 0 Å². The van der Waals surface area contributed by atoms with Crippen LogP contribution < -0.4 is 5.32 Å². The van der Waals surface area contributed by atoms with E-state index in [1.165, 1.54) is 22.3 Å². The topological polar surface area (TPSA) is 28.2 Å². The summed E-state index contributed by atoms with van der Waals surface area (Å²) >= 11 is 0. The number of aryl methyl sites for hydroxylation is 2. The van der Waals surface area contributed by atoms with E-state index in [9.17, 15) is 0 Å². The molecule has 1 unspecified atom stereocenters. The molecular formula is C18H23N3. The molecule has 0 aliphatic carbocycles. The Bertz CT molecular complexity index is 574. The van der Waals surface area contributed by atoms with Gasteiger partial charge in [-0.1, -0.05) is 24.3 Å². The fourth-order valence-corrected chi connectivity index (χ4v) is 3.14. The molecule has 1 fully saturated rings. The first-order chi connectivity index (χ1) is 10.3. The summed E-state index contributed by atoms with van der Waals surface area (Å²) in [7, 11) is 0. The van der Waals surface area contributed by atoms with E-state index < -0.39 is 0 Å². The van der Waals surface area contributed by atoms with E-state index in [0.717, 1.165) is 26.2 Å². The Labute approximate surface area is 127 Å². The van der Waals surface area contributed by atoms with Crippen LogP contribution >= 0.6 is 0 Å². The summed E-state index contributed by atoms with van der Waals surface area (Å²) in [6, 6.07) is 11.2. The number of nitrogens with one attached hydrogen (secondary N) is 1. The largest absolute Gasteiger partial charge is 0.314 e. The summed E-state index contributed by atoms with van der Waals surface area (Å²) < 4.78 is 0. The lowest BCUT2D eigenvalue weighted by Crippen LogP contribution is -2.45. The van der Waals surface area contributed by atoms with Crippen LogP contribution in [-0.4, -0.2) is 29.5 Å². The van der Waals surface area contributed by atoms with Crippen molar-refractivity contribution in [3.8, 4) is 0 Å². The summed E-state index contributed by atoms with van der Waals surface area (Å²) in [5.74, 6) is 0. The average Bonchev–Trinajstić information content (AvgIpc) is 2.52. The molecule has 1 aromatic heterocycles. The van der Waals surface area contributed by atoms with Crippen molar-refractivity contribution in [1.29, 1.82) is 0 Å². The highest BCUT2D eigenvalue weighted by Crippen LogP contribution is 2.25. The Morgan fingerprint density at radius 3 is 2.71 bits per heavy atom. The molecule has 21 heavy (non-hydrogen) atoms. The van der Waals surface area contributed by atoms with Gasteiger partial charge in [0, 0.05) is 44.6 Å². The zero-order valence-electron chi connectivity index (χ0n) is 12.8. The zero-order valence-corrected chi connectivity index (χ0v) is 12.8. The maximum atomic E-state index is 4.28. The molecule has 1 saturated heterocycles. The zero-order chi connectivity index (χ0) is 14.7. The second-order valence-electron chi connectivity index (χ2n) is 5.85. The number of hydrogen-bond donors (Lipinski definition) is 1. The van der Waals surface area contributed by atoms with Crippen LogP contribution in [0, 0.1) is 13.8 Å². The molecule has 3 nitrogen and oxygen atoms in total.